The first-order chi connectivity index (χ1) is 13.3. The number of aliphatic imine (C=N–C) groups is 1. The Morgan fingerprint density at radius 3 is 2.36 bits per heavy atom. The Bertz CT molecular complexity index is 882. The smallest absolute Gasteiger partial charge is 0.194 e. The molecule has 2 aromatic carbocycles. The van der Waals surface area contributed by atoms with E-state index in [4.69, 9.17) is 4.74 Å². The number of nitrogens with one attached hydrogen (secondary N) is 1. The monoisotopic (exact) mass is 407 g/mol. The molecule has 2 aromatic rings. The number of hydrogen-bond acceptors (Lipinski definition) is 4. The quantitative estimate of drug-likeness (QED) is 0.414. The van der Waals surface area contributed by atoms with Gasteiger partial charge in [-0.2, -0.15) is 0 Å². The standard InChI is InChI=1S/C20H26FN3O3S/c1-4-22-20(24(2)15-16-5-7-17(21)8-6-16)23-13-14-27-18-9-11-19(12-10-18)28(3,25)26/h5-12H,4,13-15H2,1-3H3,(H,22,23). The first kappa shape index (κ1) is 21.7. The predicted octanol–water partition coefficient (Wildman–Crippen LogP) is 2.71. The minimum Gasteiger partial charge on any atom is -0.492 e. The van der Waals surface area contributed by atoms with Crippen molar-refractivity contribution in [1.29, 1.82) is 0 Å². The summed E-state index contributed by atoms with van der Waals surface area (Å²) in [6, 6.07) is 12.7. The number of benzene rings is 2. The number of guanidine groups is 1. The van der Waals surface area contributed by atoms with Crippen molar-refractivity contribution in [2.45, 2.75) is 18.4 Å². The first-order valence-corrected chi connectivity index (χ1v) is 10.9. The van der Waals surface area contributed by atoms with Gasteiger partial charge < -0.3 is 15.0 Å². The summed E-state index contributed by atoms with van der Waals surface area (Å²) in [7, 11) is -1.30. The van der Waals surface area contributed by atoms with Gasteiger partial charge in [-0.15, -0.1) is 0 Å². The molecule has 152 valence electrons. The molecule has 0 amide bonds. The Morgan fingerprint density at radius 1 is 1.14 bits per heavy atom. The summed E-state index contributed by atoms with van der Waals surface area (Å²) in [6.45, 7) is 4.10. The van der Waals surface area contributed by atoms with Gasteiger partial charge in [0.05, 0.1) is 11.4 Å². The van der Waals surface area contributed by atoms with Crippen molar-refractivity contribution in [2.75, 3.05) is 33.0 Å². The van der Waals surface area contributed by atoms with Crippen molar-refractivity contribution in [3.05, 3.63) is 59.9 Å². The summed E-state index contributed by atoms with van der Waals surface area (Å²) in [5, 5.41) is 3.22. The maximum Gasteiger partial charge on any atom is 0.194 e. The molecule has 8 heteroatoms. The van der Waals surface area contributed by atoms with Crippen LogP contribution in [0, 0.1) is 5.82 Å². The average Bonchev–Trinajstić information content (AvgIpc) is 2.65. The second-order valence-corrected chi connectivity index (χ2v) is 8.33. The number of nitrogens with zero attached hydrogens (tertiary/aromatic N) is 2. The third-order valence-electron chi connectivity index (χ3n) is 3.90. The Kier molecular flexibility index (Phi) is 7.80. The number of rotatable bonds is 8. The van der Waals surface area contributed by atoms with E-state index in [1.165, 1.54) is 30.5 Å². The normalized spacial score (nSPS) is 11.9. The summed E-state index contributed by atoms with van der Waals surface area (Å²) in [5.74, 6) is 1.06. The maximum atomic E-state index is 13.0. The van der Waals surface area contributed by atoms with E-state index < -0.39 is 9.84 Å². The zero-order valence-corrected chi connectivity index (χ0v) is 17.2. The lowest BCUT2D eigenvalue weighted by atomic mass is 10.2. The molecule has 28 heavy (non-hydrogen) atoms. The Morgan fingerprint density at radius 2 is 1.79 bits per heavy atom. The summed E-state index contributed by atoms with van der Waals surface area (Å²) < 4.78 is 41.6. The number of hydrogen-bond donors (Lipinski definition) is 1. The van der Waals surface area contributed by atoms with Gasteiger partial charge in [0.1, 0.15) is 18.2 Å². The van der Waals surface area contributed by atoms with Crippen LogP contribution in [0.3, 0.4) is 0 Å². The van der Waals surface area contributed by atoms with Crippen LogP contribution in [-0.2, 0) is 16.4 Å². The van der Waals surface area contributed by atoms with Crippen molar-refractivity contribution in [3.63, 3.8) is 0 Å². The van der Waals surface area contributed by atoms with Gasteiger partial charge in [0.25, 0.3) is 0 Å². The molecule has 1 N–H and O–H groups in total. The van der Waals surface area contributed by atoms with Gasteiger partial charge in [-0.1, -0.05) is 12.1 Å². The topological polar surface area (TPSA) is 71.0 Å². The summed E-state index contributed by atoms with van der Waals surface area (Å²) in [4.78, 5) is 6.75. The number of ether oxygens (including phenoxy) is 1. The van der Waals surface area contributed by atoms with Crippen molar-refractivity contribution in [2.24, 2.45) is 4.99 Å². The van der Waals surface area contributed by atoms with Crippen LogP contribution in [0.15, 0.2) is 58.4 Å². The van der Waals surface area contributed by atoms with Crippen molar-refractivity contribution in [1.82, 2.24) is 10.2 Å². The molecule has 0 unspecified atom stereocenters. The largest absolute Gasteiger partial charge is 0.492 e. The van der Waals surface area contributed by atoms with E-state index in [0.29, 0.717) is 25.4 Å². The lowest BCUT2D eigenvalue weighted by molar-refractivity contribution is 0.327. The van der Waals surface area contributed by atoms with Crippen molar-refractivity contribution >= 4 is 15.8 Å². The van der Waals surface area contributed by atoms with E-state index in [2.05, 4.69) is 10.3 Å². The molecule has 0 atom stereocenters. The van der Waals surface area contributed by atoms with Crippen LogP contribution >= 0.6 is 0 Å². The maximum absolute atomic E-state index is 13.0. The van der Waals surface area contributed by atoms with Gasteiger partial charge in [-0.3, -0.25) is 0 Å². The molecule has 0 aromatic heterocycles. The summed E-state index contributed by atoms with van der Waals surface area (Å²) >= 11 is 0. The Balaban J connectivity index is 1.90. The molecule has 0 aliphatic heterocycles. The molecule has 0 fully saturated rings. The fourth-order valence-corrected chi connectivity index (χ4v) is 3.14. The highest BCUT2D eigenvalue weighted by molar-refractivity contribution is 7.90. The van der Waals surface area contributed by atoms with Crippen LogP contribution in [-0.4, -0.2) is 52.3 Å². The van der Waals surface area contributed by atoms with Crippen LogP contribution < -0.4 is 10.1 Å². The highest BCUT2D eigenvalue weighted by atomic mass is 32.2. The van der Waals surface area contributed by atoms with E-state index in [1.54, 1.807) is 24.3 Å². The highest BCUT2D eigenvalue weighted by Crippen LogP contribution is 2.15. The zero-order valence-electron chi connectivity index (χ0n) is 16.4. The second kappa shape index (κ2) is 10.1. The van der Waals surface area contributed by atoms with Crippen molar-refractivity contribution in [3.8, 4) is 5.75 Å². The van der Waals surface area contributed by atoms with Gasteiger partial charge in [-0.25, -0.2) is 17.8 Å². The average molecular weight is 408 g/mol. The van der Waals surface area contributed by atoms with Crippen LogP contribution in [0.1, 0.15) is 12.5 Å². The van der Waals surface area contributed by atoms with Crippen LogP contribution in [0.2, 0.25) is 0 Å². The molecule has 0 aliphatic carbocycles. The van der Waals surface area contributed by atoms with Crippen LogP contribution in [0.4, 0.5) is 4.39 Å². The van der Waals surface area contributed by atoms with E-state index >= 15 is 0 Å². The number of sulfone groups is 1. The van der Waals surface area contributed by atoms with Crippen molar-refractivity contribution < 1.29 is 17.5 Å². The fourth-order valence-electron chi connectivity index (χ4n) is 2.51. The molecule has 0 spiro atoms. The summed E-state index contributed by atoms with van der Waals surface area (Å²) in [5.41, 5.74) is 0.983. The molecule has 0 bridgehead atoms. The van der Waals surface area contributed by atoms with E-state index in [0.717, 1.165) is 18.1 Å². The second-order valence-electron chi connectivity index (χ2n) is 6.31. The first-order valence-electron chi connectivity index (χ1n) is 8.96. The molecule has 0 radical (unpaired) electrons. The zero-order chi connectivity index (χ0) is 20.6. The van der Waals surface area contributed by atoms with Crippen LogP contribution in [0.5, 0.6) is 5.75 Å². The van der Waals surface area contributed by atoms with Gasteiger partial charge in [0, 0.05) is 26.4 Å². The molecular weight excluding hydrogens is 381 g/mol. The minimum absolute atomic E-state index is 0.256. The van der Waals surface area contributed by atoms with Gasteiger partial charge in [0.15, 0.2) is 15.8 Å². The SMILES string of the molecule is CCNC(=NCCOc1ccc(S(C)(=O)=O)cc1)N(C)Cc1ccc(F)cc1. The molecule has 2 rings (SSSR count). The summed E-state index contributed by atoms with van der Waals surface area (Å²) in [6.07, 6.45) is 1.17. The third kappa shape index (κ3) is 6.84. The molecule has 0 heterocycles. The predicted molar refractivity (Wildman–Crippen MR) is 109 cm³/mol. The molecular formula is C20H26FN3O3S. The Labute approximate surface area is 166 Å². The third-order valence-corrected chi connectivity index (χ3v) is 5.03. The molecule has 0 saturated carbocycles. The molecule has 0 saturated heterocycles. The molecule has 6 nitrogen and oxygen atoms in total. The van der Waals surface area contributed by atoms with Gasteiger partial charge in [-0.05, 0) is 48.9 Å². The number of halogens is 1. The fraction of sp³-hybridized carbons (Fsp3) is 0.350. The van der Waals surface area contributed by atoms with E-state index in [1.807, 2.05) is 18.9 Å². The highest BCUT2D eigenvalue weighted by Gasteiger charge is 2.08. The molecule has 0 aliphatic rings. The van der Waals surface area contributed by atoms with Gasteiger partial charge >= 0.3 is 0 Å². The van der Waals surface area contributed by atoms with Gasteiger partial charge in [0.2, 0.25) is 0 Å². The van der Waals surface area contributed by atoms with E-state index in [-0.39, 0.29) is 10.7 Å². The van der Waals surface area contributed by atoms with Crippen LogP contribution in [0.25, 0.3) is 0 Å². The van der Waals surface area contributed by atoms with E-state index in [9.17, 15) is 12.8 Å². The lowest BCUT2D eigenvalue weighted by Gasteiger charge is -2.22. The lowest BCUT2D eigenvalue weighted by Crippen LogP contribution is -2.38. The minimum atomic E-state index is -3.21. The Hall–Kier alpha value is -2.61.